The summed E-state index contributed by atoms with van der Waals surface area (Å²) in [6.45, 7) is 1.11. The van der Waals surface area contributed by atoms with Crippen LogP contribution in [0.3, 0.4) is 0 Å². The van der Waals surface area contributed by atoms with Crippen molar-refractivity contribution in [2.45, 2.75) is 31.7 Å². The van der Waals surface area contributed by atoms with Crippen LogP contribution in [0.15, 0.2) is 41.1 Å². The number of benzene rings is 1. The molecule has 1 aliphatic carbocycles. The van der Waals surface area contributed by atoms with E-state index in [2.05, 4.69) is 40.3 Å². The van der Waals surface area contributed by atoms with Crippen LogP contribution in [0, 0.1) is 5.92 Å². The van der Waals surface area contributed by atoms with Gasteiger partial charge in [0.1, 0.15) is 5.75 Å². The molecule has 0 radical (unpaired) electrons. The van der Waals surface area contributed by atoms with Crippen molar-refractivity contribution >= 4 is 11.3 Å². The van der Waals surface area contributed by atoms with Crippen molar-refractivity contribution in [2.75, 3.05) is 13.7 Å². The minimum Gasteiger partial charge on any atom is -0.497 e. The first-order valence-electron chi connectivity index (χ1n) is 7.71. The highest BCUT2D eigenvalue weighted by molar-refractivity contribution is 7.07. The normalized spacial score (nSPS) is 15.9. The molecule has 21 heavy (non-hydrogen) atoms. The van der Waals surface area contributed by atoms with E-state index in [1.807, 2.05) is 6.07 Å². The Morgan fingerprint density at radius 1 is 1.24 bits per heavy atom. The number of methoxy groups -OCH3 is 1. The van der Waals surface area contributed by atoms with E-state index in [1.165, 1.54) is 24.0 Å². The number of rotatable bonds is 8. The van der Waals surface area contributed by atoms with Crippen molar-refractivity contribution in [1.82, 2.24) is 5.32 Å². The number of thiophene rings is 1. The van der Waals surface area contributed by atoms with Crippen molar-refractivity contribution in [1.29, 1.82) is 0 Å². The highest BCUT2D eigenvalue weighted by atomic mass is 32.1. The smallest absolute Gasteiger partial charge is 0.119 e. The molecule has 1 fully saturated rings. The Morgan fingerprint density at radius 3 is 2.81 bits per heavy atom. The van der Waals surface area contributed by atoms with Crippen LogP contribution >= 0.6 is 11.3 Å². The van der Waals surface area contributed by atoms with Crippen LogP contribution in [0.5, 0.6) is 5.75 Å². The van der Waals surface area contributed by atoms with Crippen molar-refractivity contribution in [2.24, 2.45) is 5.92 Å². The van der Waals surface area contributed by atoms with E-state index in [1.54, 1.807) is 18.4 Å². The molecule has 1 heterocycles. The lowest BCUT2D eigenvalue weighted by Crippen LogP contribution is -2.27. The molecular formula is C18H23NOS. The molecule has 0 spiro atoms. The van der Waals surface area contributed by atoms with Gasteiger partial charge in [-0.3, -0.25) is 0 Å². The van der Waals surface area contributed by atoms with Gasteiger partial charge in [-0.25, -0.2) is 0 Å². The summed E-state index contributed by atoms with van der Waals surface area (Å²) in [6.07, 6.45) is 4.96. The number of nitrogens with one attached hydrogen (secondary N) is 1. The first-order chi connectivity index (χ1) is 10.3. The molecule has 1 aromatic carbocycles. The van der Waals surface area contributed by atoms with E-state index < -0.39 is 0 Å². The summed E-state index contributed by atoms with van der Waals surface area (Å²) in [7, 11) is 1.73. The third-order valence-electron chi connectivity index (χ3n) is 4.04. The zero-order valence-electron chi connectivity index (χ0n) is 12.5. The maximum absolute atomic E-state index is 5.34. The van der Waals surface area contributed by atoms with Crippen LogP contribution in [0.25, 0.3) is 0 Å². The molecule has 1 atom stereocenters. The molecule has 3 heteroatoms. The van der Waals surface area contributed by atoms with Crippen LogP contribution < -0.4 is 10.1 Å². The van der Waals surface area contributed by atoms with Crippen molar-refractivity contribution in [3.05, 3.63) is 52.2 Å². The highest BCUT2D eigenvalue weighted by Crippen LogP contribution is 2.22. The standard InChI is InChI=1S/C18H23NOS/c1-20-18-4-2-3-14(11-18)9-16(12-19-17-5-6-17)10-15-7-8-21-13-15/h2-4,7-8,11,13,16-17,19H,5-6,9-10,12H2,1H3. The molecule has 2 aromatic rings. The van der Waals surface area contributed by atoms with E-state index in [0.29, 0.717) is 5.92 Å². The first-order valence-corrected chi connectivity index (χ1v) is 8.65. The Kier molecular flexibility index (Phi) is 4.94. The Labute approximate surface area is 131 Å². The average Bonchev–Trinajstić information content (AvgIpc) is 3.21. The van der Waals surface area contributed by atoms with Crippen LogP contribution in [0.2, 0.25) is 0 Å². The van der Waals surface area contributed by atoms with Gasteiger partial charge in [-0.05, 0) is 78.2 Å². The van der Waals surface area contributed by atoms with Crippen LogP contribution in [-0.4, -0.2) is 19.7 Å². The molecule has 1 aromatic heterocycles. The van der Waals surface area contributed by atoms with Crippen LogP contribution in [0.4, 0.5) is 0 Å². The Hall–Kier alpha value is -1.32. The van der Waals surface area contributed by atoms with Crippen molar-refractivity contribution in [3.8, 4) is 5.75 Å². The fourth-order valence-corrected chi connectivity index (χ4v) is 3.39. The minimum absolute atomic E-state index is 0.646. The van der Waals surface area contributed by atoms with Gasteiger partial charge >= 0.3 is 0 Å². The second-order valence-electron chi connectivity index (χ2n) is 5.94. The quantitative estimate of drug-likeness (QED) is 0.798. The Bertz CT molecular complexity index is 548. The first kappa shape index (κ1) is 14.6. The Balaban J connectivity index is 1.64. The van der Waals surface area contributed by atoms with Gasteiger partial charge in [-0.2, -0.15) is 11.3 Å². The predicted octanol–water partition coefficient (Wildman–Crippen LogP) is 3.91. The molecule has 0 saturated heterocycles. The van der Waals surface area contributed by atoms with Gasteiger partial charge in [-0.1, -0.05) is 12.1 Å². The fraction of sp³-hybridized carbons (Fsp3) is 0.444. The molecular weight excluding hydrogens is 278 g/mol. The molecule has 3 rings (SSSR count). The average molecular weight is 301 g/mol. The zero-order chi connectivity index (χ0) is 14.5. The monoisotopic (exact) mass is 301 g/mol. The summed E-state index contributed by atoms with van der Waals surface area (Å²) in [5.74, 6) is 1.60. The third-order valence-corrected chi connectivity index (χ3v) is 4.77. The van der Waals surface area contributed by atoms with Gasteiger partial charge < -0.3 is 10.1 Å². The second kappa shape index (κ2) is 7.10. The molecule has 1 saturated carbocycles. The molecule has 0 aliphatic heterocycles. The summed E-state index contributed by atoms with van der Waals surface area (Å²) >= 11 is 1.79. The van der Waals surface area contributed by atoms with Gasteiger partial charge in [0.05, 0.1) is 7.11 Å². The van der Waals surface area contributed by atoms with E-state index in [-0.39, 0.29) is 0 Å². The fourth-order valence-electron chi connectivity index (χ4n) is 2.71. The maximum Gasteiger partial charge on any atom is 0.119 e. The van der Waals surface area contributed by atoms with Crippen molar-refractivity contribution in [3.63, 3.8) is 0 Å². The maximum atomic E-state index is 5.34. The molecule has 0 amide bonds. The van der Waals surface area contributed by atoms with Gasteiger partial charge in [0, 0.05) is 6.04 Å². The second-order valence-corrected chi connectivity index (χ2v) is 6.72. The molecule has 2 nitrogen and oxygen atoms in total. The van der Waals surface area contributed by atoms with Crippen LogP contribution in [-0.2, 0) is 12.8 Å². The number of hydrogen-bond donors (Lipinski definition) is 1. The molecule has 1 unspecified atom stereocenters. The molecule has 1 aliphatic rings. The zero-order valence-corrected chi connectivity index (χ0v) is 13.4. The lowest BCUT2D eigenvalue weighted by molar-refractivity contribution is 0.413. The number of hydrogen-bond acceptors (Lipinski definition) is 3. The van der Waals surface area contributed by atoms with Gasteiger partial charge in [-0.15, -0.1) is 0 Å². The van der Waals surface area contributed by atoms with Gasteiger partial charge in [0.2, 0.25) is 0 Å². The van der Waals surface area contributed by atoms with E-state index >= 15 is 0 Å². The summed E-state index contributed by atoms with van der Waals surface area (Å²) in [6, 6.07) is 11.5. The van der Waals surface area contributed by atoms with E-state index in [0.717, 1.165) is 31.2 Å². The molecule has 0 bridgehead atoms. The third kappa shape index (κ3) is 4.58. The van der Waals surface area contributed by atoms with Gasteiger partial charge in [0.15, 0.2) is 0 Å². The lowest BCUT2D eigenvalue weighted by Gasteiger charge is -2.18. The summed E-state index contributed by atoms with van der Waals surface area (Å²) in [5.41, 5.74) is 2.83. The summed E-state index contributed by atoms with van der Waals surface area (Å²) in [4.78, 5) is 0. The largest absolute Gasteiger partial charge is 0.497 e. The van der Waals surface area contributed by atoms with E-state index in [4.69, 9.17) is 4.74 Å². The topological polar surface area (TPSA) is 21.3 Å². The van der Waals surface area contributed by atoms with E-state index in [9.17, 15) is 0 Å². The molecule has 112 valence electrons. The lowest BCUT2D eigenvalue weighted by atomic mass is 9.93. The Morgan fingerprint density at radius 2 is 2.10 bits per heavy atom. The highest BCUT2D eigenvalue weighted by Gasteiger charge is 2.22. The van der Waals surface area contributed by atoms with Crippen molar-refractivity contribution < 1.29 is 4.74 Å². The SMILES string of the molecule is COc1cccc(CC(CNC2CC2)Cc2ccsc2)c1. The van der Waals surface area contributed by atoms with Gasteiger partial charge in [0.25, 0.3) is 0 Å². The predicted molar refractivity (Wildman–Crippen MR) is 89.2 cm³/mol. The number of ether oxygens (including phenoxy) is 1. The summed E-state index contributed by atoms with van der Waals surface area (Å²) < 4.78 is 5.34. The molecule has 1 N–H and O–H groups in total. The summed E-state index contributed by atoms with van der Waals surface area (Å²) in [5, 5.41) is 8.14. The van der Waals surface area contributed by atoms with Crippen LogP contribution in [0.1, 0.15) is 24.0 Å². The minimum atomic E-state index is 0.646.